The van der Waals surface area contributed by atoms with Gasteiger partial charge in [0.05, 0.1) is 68.3 Å². The summed E-state index contributed by atoms with van der Waals surface area (Å²) in [5.74, 6) is 3.12. The van der Waals surface area contributed by atoms with Gasteiger partial charge in [0.2, 0.25) is 0 Å². The summed E-state index contributed by atoms with van der Waals surface area (Å²) in [7, 11) is 0. The summed E-state index contributed by atoms with van der Waals surface area (Å²) in [6.45, 7) is 51.6. The van der Waals surface area contributed by atoms with Crippen LogP contribution >= 0.6 is 31.9 Å². The number of rotatable bonds is 4. The number of fused-ring (bicyclic) bond motifs is 16. The number of nitrogens with zero attached hydrogens (tertiary/aromatic N) is 11. The van der Waals surface area contributed by atoms with E-state index in [2.05, 4.69) is 418 Å². The van der Waals surface area contributed by atoms with Crippen LogP contribution in [0.4, 0.5) is 85.7 Å². The van der Waals surface area contributed by atoms with Gasteiger partial charge in [0, 0.05) is 122 Å². The Morgan fingerprint density at radius 2 is 0.647 bits per heavy atom. The third kappa shape index (κ3) is 13.7. The minimum absolute atomic E-state index is 0.0553. The third-order valence-electron chi connectivity index (χ3n) is 29.9. The molecular weight excluding hydrogens is 1760 g/mol. The van der Waals surface area contributed by atoms with Crippen molar-refractivity contribution >= 4 is 123 Å². The number of nitrogen functional groups attached to an aromatic ring is 1. The summed E-state index contributed by atoms with van der Waals surface area (Å²) < 4.78 is 6.16. The Kier molecular flexibility index (Phi) is 20.8. The molecule has 0 atom stereocenters. The van der Waals surface area contributed by atoms with E-state index < -0.39 is 0 Å². The molecule has 11 aromatic carbocycles. The maximum atomic E-state index is 5.66. The molecule has 666 valence electrons. The van der Waals surface area contributed by atoms with Gasteiger partial charge in [-0.15, -0.1) is 0 Å². The molecule has 0 saturated heterocycles. The fraction of sp³-hybridized carbons (Fsp3) is 0.246. The lowest BCUT2D eigenvalue weighted by atomic mass is 9.65. The summed E-state index contributed by atoms with van der Waals surface area (Å²) in [6.07, 6.45) is 5.77. The molecule has 0 aliphatic carbocycles. The first-order valence-electron chi connectivity index (χ1n) is 46.3. The summed E-state index contributed by atoms with van der Waals surface area (Å²) >= 11 is 7.13. The molecule has 13 nitrogen and oxygen atoms in total. The molecule has 133 heavy (non-hydrogen) atoms. The predicted octanol–water partition coefficient (Wildman–Crippen LogP) is 31.1. The number of nitrogens with one attached hydrogen (secondary N) is 1. The van der Waals surface area contributed by atoms with Gasteiger partial charge in [-0.2, -0.15) is 10.2 Å². The zero-order valence-electron chi connectivity index (χ0n) is 80.1. The van der Waals surface area contributed by atoms with Gasteiger partial charge in [-0.05, 0) is 239 Å². The largest absolute Gasteiger partial charge is 0.398 e. The van der Waals surface area contributed by atoms with E-state index in [9.17, 15) is 0 Å². The normalized spacial score (nSPS) is 16.5. The van der Waals surface area contributed by atoms with Crippen molar-refractivity contribution in [3.8, 4) is 11.4 Å². The highest BCUT2D eigenvalue weighted by atomic mass is 79.9. The Hall–Kier alpha value is -13.2. The van der Waals surface area contributed by atoms with Crippen molar-refractivity contribution < 1.29 is 0 Å². The molecule has 24 rings (SSSR count). The van der Waals surface area contributed by atoms with E-state index in [0.717, 1.165) is 83.1 Å². The smallest absolute Gasteiger partial charge is 0.141 e. The van der Waals surface area contributed by atoms with Crippen LogP contribution in [0.25, 0.3) is 16.9 Å². The van der Waals surface area contributed by atoms with Crippen molar-refractivity contribution in [2.75, 3.05) is 30.7 Å². The number of allylic oxidation sites excluding steroid dienone is 1. The minimum atomic E-state index is -0.220. The number of halogens is 2. The summed E-state index contributed by atoms with van der Waals surface area (Å²) in [6, 6.07) is 96.3. The van der Waals surface area contributed by atoms with Gasteiger partial charge in [0.1, 0.15) is 17.5 Å². The maximum absolute atomic E-state index is 5.66. The van der Waals surface area contributed by atoms with E-state index >= 15 is 0 Å². The number of anilines is 15. The topological polar surface area (TPSA) is 125 Å². The average molecular weight is 1880 g/mol. The van der Waals surface area contributed by atoms with Gasteiger partial charge in [0.25, 0.3) is 0 Å². The standard InChI is InChI=1S/C43H41N5.C32H31N3.C23H21BrN2.C11H11BrN2.C9H11N/c1-26-22-27(2)48(45-26)29-15-11-14-28(23-29)46-36-20-10-9-16-30(36)41(3,4)34-24-35-38(25-37(34)46)47-39-31(17-12-18-32(39)43(35,7)8)42(5,6)33-19-13-21-44-40(33)47;1-30(2)19-11-7-8-15-25(19)34-26-18-27-24(17-23(26)30)32(5,6)21-13-9-12-20-28(21)35(27)29-22(31(20,3)4)14-10-16-33-29;1-22(2)15-11-10-14(24)13-19(15)26-20-16(22)7-5-8-17(20)23(3,4)18-9-6-12-25-21(18)26;1-8-6-9(2)14(13-8)11-5-3-4-10(12)7-11;1-7(2)8-5-3-4-6-9(8)10/h9-25H,1-8H3;7-18,34H,1-6H3;5-13H,1-4H3;3-7H,1-2H3;3-6H,1,10H2,2H3. The number of hydrogen-bond acceptors (Lipinski definition) is 11. The first-order chi connectivity index (χ1) is 63.2. The summed E-state index contributed by atoms with van der Waals surface area (Å²) in [4.78, 5) is 24.6. The molecule has 8 aliphatic rings. The van der Waals surface area contributed by atoms with Crippen molar-refractivity contribution in [1.29, 1.82) is 0 Å². The summed E-state index contributed by atoms with van der Waals surface area (Å²) in [5.41, 5.74) is 48.6. The quantitative estimate of drug-likeness (QED) is 0.164. The van der Waals surface area contributed by atoms with Crippen molar-refractivity contribution in [3.63, 3.8) is 0 Å². The molecule has 0 bridgehead atoms. The van der Waals surface area contributed by atoms with Crippen LogP contribution in [0, 0.1) is 27.7 Å². The fourth-order valence-electron chi connectivity index (χ4n) is 22.7. The average Bonchev–Trinajstić information content (AvgIpc) is 0.839. The molecule has 16 aromatic rings. The lowest BCUT2D eigenvalue weighted by molar-refractivity contribution is 0.587. The Morgan fingerprint density at radius 1 is 0.293 bits per heavy atom. The number of aryl methyl sites for hydroxylation is 4. The Morgan fingerprint density at radius 3 is 1.11 bits per heavy atom. The van der Waals surface area contributed by atoms with Crippen LogP contribution in [-0.2, 0) is 43.3 Å². The Balaban J connectivity index is 0.000000113. The molecule has 0 spiro atoms. The first kappa shape index (κ1) is 87.8. The van der Waals surface area contributed by atoms with Crippen LogP contribution in [0.1, 0.15) is 235 Å². The molecule has 3 N–H and O–H groups in total. The van der Waals surface area contributed by atoms with Gasteiger partial charge in [0.15, 0.2) is 0 Å². The van der Waals surface area contributed by atoms with E-state index in [0.29, 0.717) is 0 Å². The lowest BCUT2D eigenvalue weighted by Gasteiger charge is -2.50. The van der Waals surface area contributed by atoms with Crippen molar-refractivity contribution in [2.45, 2.75) is 189 Å². The number of aromatic nitrogens is 7. The Bertz CT molecular complexity index is 7480. The third-order valence-corrected chi connectivity index (χ3v) is 30.9. The van der Waals surface area contributed by atoms with Crippen LogP contribution < -0.4 is 30.7 Å². The minimum Gasteiger partial charge on any atom is -0.398 e. The highest BCUT2D eigenvalue weighted by Gasteiger charge is 2.52. The molecular formula is C118H115Br2N13. The monoisotopic (exact) mass is 1870 g/mol. The highest BCUT2D eigenvalue weighted by molar-refractivity contribution is 9.10. The number of hydrogen-bond donors (Lipinski definition) is 2. The number of pyridine rings is 3. The number of nitrogens with two attached hydrogens (primary N) is 1. The molecule has 5 aromatic heterocycles. The molecule has 8 aliphatic heterocycles. The zero-order chi connectivity index (χ0) is 93.6. The van der Waals surface area contributed by atoms with Gasteiger partial charge in [-0.3, -0.25) is 14.7 Å². The fourth-order valence-corrected chi connectivity index (χ4v) is 23.5. The van der Waals surface area contributed by atoms with E-state index in [4.69, 9.17) is 25.8 Å². The van der Waals surface area contributed by atoms with Crippen LogP contribution in [0.2, 0.25) is 0 Å². The first-order valence-corrected chi connectivity index (χ1v) is 47.9. The van der Waals surface area contributed by atoms with Crippen LogP contribution in [0.3, 0.4) is 0 Å². The lowest BCUT2D eigenvalue weighted by Crippen LogP contribution is -2.39. The van der Waals surface area contributed by atoms with Crippen LogP contribution in [0.15, 0.2) is 301 Å². The molecule has 13 heterocycles. The molecule has 0 saturated carbocycles. The molecule has 0 amide bonds. The van der Waals surface area contributed by atoms with Crippen molar-refractivity contribution in [2.24, 2.45) is 0 Å². The Labute approximate surface area is 800 Å². The second kappa shape index (κ2) is 31.5. The van der Waals surface area contributed by atoms with Crippen LogP contribution in [-0.4, -0.2) is 34.5 Å². The second-order valence-electron chi connectivity index (χ2n) is 41.3. The van der Waals surface area contributed by atoms with E-state index in [1.54, 1.807) is 0 Å². The zero-order valence-corrected chi connectivity index (χ0v) is 83.3. The highest BCUT2D eigenvalue weighted by Crippen LogP contribution is 2.66. The molecule has 15 heteroatoms. The van der Waals surface area contributed by atoms with E-state index in [1.165, 1.54) is 146 Å². The van der Waals surface area contributed by atoms with Gasteiger partial charge in [-0.1, -0.05) is 295 Å². The van der Waals surface area contributed by atoms with Crippen molar-refractivity contribution in [3.05, 3.63) is 418 Å². The molecule has 0 unspecified atom stereocenters. The molecule has 0 fully saturated rings. The van der Waals surface area contributed by atoms with Gasteiger partial charge in [-0.25, -0.2) is 24.3 Å². The number of para-hydroxylation sites is 6. The molecule has 0 radical (unpaired) electrons. The number of benzene rings is 11. The van der Waals surface area contributed by atoms with Crippen LogP contribution in [0.5, 0.6) is 0 Å². The van der Waals surface area contributed by atoms with Gasteiger partial charge >= 0.3 is 0 Å². The van der Waals surface area contributed by atoms with Crippen molar-refractivity contribution in [1.82, 2.24) is 34.5 Å². The predicted molar refractivity (Wildman–Crippen MR) is 559 cm³/mol. The SMILES string of the molecule is C=C(C)c1ccccc1N.CC1(C)c2ccc(Br)cc2N2c3ncccc3C(C)(C)c3cccc1c32.CC1(C)c2ccccc2Nc2cc3c(cc21)C(C)(C)c1cccc2c1N3c1ncccc1C2(C)C.Cc1cc(C)n(-c2cccc(Br)c2)n1.Cc1cc(C)n(-c2cccc(N3c4ccccc4C(C)(C)c4cc5c(cc43)N3c4ncccc4C(C)(C)c4cccc(c43)C5(C)C)c2)n1. The van der Waals surface area contributed by atoms with E-state index in [-0.39, 0.29) is 43.3 Å². The summed E-state index contributed by atoms with van der Waals surface area (Å²) in [5, 5.41) is 13.0. The van der Waals surface area contributed by atoms with E-state index in [1.807, 2.05) is 90.3 Å². The second-order valence-corrected chi connectivity index (χ2v) is 43.1. The van der Waals surface area contributed by atoms with Gasteiger partial charge < -0.3 is 16.0 Å². The maximum Gasteiger partial charge on any atom is 0.141 e.